The van der Waals surface area contributed by atoms with Gasteiger partial charge in [-0.25, -0.2) is 0 Å². The van der Waals surface area contributed by atoms with E-state index in [1.807, 2.05) is 12.1 Å². The van der Waals surface area contributed by atoms with Gasteiger partial charge in [-0.2, -0.15) is 10.5 Å². The molecule has 0 aliphatic carbocycles. The molecule has 1 aromatic rings. The summed E-state index contributed by atoms with van der Waals surface area (Å²) in [6, 6.07) is 7.87. The molecule has 0 saturated heterocycles. The van der Waals surface area contributed by atoms with Crippen molar-refractivity contribution in [2.75, 3.05) is 0 Å². The van der Waals surface area contributed by atoms with Crippen molar-refractivity contribution in [1.29, 1.82) is 10.5 Å². The minimum atomic E-state index is 0.321. The van der Waals surface area contributed by atoms with E-state index in [1.165, 1.54) is 0 Å². The van der Waals surface area contributed by atoms with Crippen molar-refractivity contribution in [3.8, 4) is 12.1 Å². The van der Waals surface area contributed by atoms with Crippen LogP contribution in [0, 0.1) is 22.7 Å². The van der Waals surface area contributed by atoms with Crippen molar-refractivity contribution in [1.82, 2.24) is 4.98 Å². The minimum absolute atomic E-state index is 0.321. The van der Waals surface area contributed by atoms with Gasteiger partial charge in [0.2, 0.25) is 0 Å². The fourth-order valence-electron chi connectivity index (χ4n) is 1.12. The summed E-state index contributed by atoms with van der Waals surface area (Å²) in [5.74, 6) is 0. The molecule has 0 bridgehead atoms. The van der Waals surface area contributed by atoms with Gasteiger partial charge in [0.05, 0.1) is 24.3 Å². The Labute approximate surface area is 77.3 Å². The van der Waals surface area contributed by atoms with Crippen molar-refractivity contribution < 1.29 is 0 Å². The zero-order valence-corrected chi connectivity index (χ0v) is 7.20. The third kappa shape index (κ3) is 2.57. The zero-order chi connectivity index (χ0) is 9.52. The molecular weight excluding hydrogens is 162 g/mol. The summed E-state index contributed by atoms with van der Waals surface area (Å²) < 4.78 is 0. The topological polar surface area (TPSA) is 60.5 Å². The number of aromatic nitrogens is 1. The third-order valence-electron chi connectivity index (χ3n) is 1.74. The van der Waals surface area contributed by atoms with Gasteiger partial charge in [0.1, 0.15) is 0 Å². The van der Waals surface area contributed by atoms with Crippen LogP contribution in [-0.2, 0) is 12.8 Å². The lowest BCUT2D eigenvalue weighted by molar-refractivity contribution is 0.950. The monoisotopic (exact) mass is 171 g/mol. The standard InChI is InChI=1S/C10H9N3/c11-6-1-3-9-4-2-8-13-10(9)5-7-12/h2,4,8H,1,3,5H2. The van der Waals surface area contributed by atoms with Gasteiger partial charge < -0.3 is 0 Å². The van der Waals surface area contributed by atoms with Gasteiger partial charge >= 0.3 is 0 Å². The van der Waals surface area contributed by atoms with Crippen LogP contribution in [0.25, 0.3) is 0 Å². The predicted molar refractivity (Wildman–Crippen MR) is 47.5 cm³/mol. The number of hydrogen-bond acceptors (Lipinski definition) is 3. The molecule has 1 aromatic heterocycles. The quantitative estimate of drug-likeness (QED) is 0.694. The number of pyridine rings is 1. The first kappa shape index (κ1) is 9.22. The molecule has 0 aliphatic heterocycles. The molecule has 0 radical (unpaired) electrons. The smallest absolute Gasteiger partial charge is 0.0777 e. The largest absolute Gasteiger partial charge is 0.260 e. The molecule has 64 valence electrons. The highest BCUT2D eigenvalue weighted by Gasteiger charge is 2.01. The van der Waals surface area contributed by atoms with Gasteiger partial charge in [-0.15, -0.1) is 0 Å². The first-order valence-electron chi connectivity index (χ1n) is 4.05. The summed E-state index contributed by atoms with van der Waals surface area (Å²) in [7, 11) is 0. The van der Waals surface area contributed by atoms with E-state index in [-0.39, 0.29) is 0 Å². The highest BCUT2D eigenvalue weighted by Crippen LogP contribution is 2.08. The zero-order valence-electron chi connectivity index (χ0n) is 7.20. The van der Waals surface area contributed by atoms with E-state index < -0.39 is 0 Å². The molecule has 0 amide bonds. The summed E-state index contributed by atoms with van der Waals surface area (Å²) in [6.07, 6.45) is 3.15. The molecular formula is C10H9N3. The van der Waals surface area contributed by atoms with E-state index in [1.54, 1.807) is 6.20 Å². The van der Waals surface area contributed by atoms with Crippen LogP contribution in [-0.4, -0.2) is 4.98 Å². The molecule has 3 heteroatoms. The van der Waals surface area contributed by atoms with E-state index in [0.29, 0.717) is 19.3 Å². The van der Waals surface area contributed by atoms with Crippen molar-refractivity contribution in [2.45, 2.75) is 19.3 Å². The number of hydrogen-bond donors (Lipinski definition) is 0. The summed E-state index contributed by atoms with van der Waals surface area (Å²) in [5, 5.41) is 16.9. The van der Waals surface area contributed by atoms with Gasteiger partial charge in [0.15, 0.2) is 0 Å². The van der Waals surface area contributed by atoms with Crippen LogP contribution in [0.2, 0.25) is 0 Å². The Balaban J connectivity index is 2.80. The van der Waals surface area contributed by atoms with Crippen molar-refractivity contribution in [3.05, 3.63) is 29.6 Å². The van der Waals surface area contributed by atoms with E-state index in [0.717, 1.165) is 11.3 Å². The van der Waals surface area contributed by atoms with Crippen molar-refractivity contribution >= 4 is 0 Å². The fourth-order valence-corrected chi connectivity index (χ4v) is 1.12. The lowest BCUT2D eigenvalue weighted by Crippen LogP contribution is -1.95. The SMILES string of the molecule is N#CCCc1cccnc1CC#N. The summed E-state index contributed by atoms with van der Waals surface area (Å²) in [6.45, 7) is 0. The van der Waals surface area contributed by atoms with Crippen LogP contribution in [0.3, 0.4) is 0 Å². The molecule has 1 heterocycles. The van der Waals surface area contributed by atoms with Crippen LogP contribution in [0.4, 0.5) is 0 Å². The van der Waals surface area contributed by atoms with Gasteiger partial charge in [-0.3, -0.25) is 4.98 Å². The van der Waals surface area contributed by atoms with Crippen molar-refractivity contribution in [3.63, 3.8) is 0 Å². The molecule has 0 saturated carbocycles. The second kappa shape index (κ2) is 4.90. The fraction of sp³-hybridized carbons (Fsp3) is 0.300. The second-order valence-corrected chi connectivity index (χ2v) is 2.60. The Morgan fingerprint density at radius 1 is 1.31 bits per heavy atom. The summed E-state index contributed by atoms with van der Waals surface area (Å²) >= 11 is 0. The molecule has 0 fully saturated rings. The molecule has 0 unspecified atom stereocenters. The first-order chi connectivity index (χ1) is 6.38. The molecule has 0 aliphatic rings. The third-order valence-corrected chi connectivity index (χ3v) is 1.74. The van der Waals surface area contributed by atoms with E-state index >= 15 is 0 Å². The Bertz CT molecular complexity index is 357. The Morgan fingerprint density at radius 3 is 2.85 bits per heavy atom. The minimum Gasteiger partial charge on any atom is -0.260 e. The van der Waals surface area contributed by atoms with Crippen LogP contribution < -0.4 is 0 Å². The Kier molecular flexibility index (Phi) is 3.47. The van der Waals surface area contributed by atoms with E-state index in [9.17, 15) is 0 Å². The van der Waals surface area contributed by atoms with Gasteiger partial charge in [-0.1, -0.05) is 6.07 Å². The van der Waals surface area contributed by atoms with E-state index in [2.05, 4.69) is 17.1 Å². The molecule has 13 heavy (non-hydrogen) atoms. The van der Waals surface area contributed by atoms with Gasteiger partial charge in [0.25, 0.3) is 0 Å². The molecule has 3 nitrogen and oxygen atoms in total. The highest BCUT2D eigenvalue weighted by atomic mass is 14.7. The summed E-state index contributed by atoms with van der Waals surface area (Å²) in [5.41, 5.74) is 1.80. The van der Waals surface area contributed by atoms with Crippen LogP contribution in [0.15, 0.2) is 18.3 Å². The second-order valence-electron chi connectivity index (χ2n) is 2.60. The van der Waals surface area contributed by atoms with Crippen LogP contribution in [0.1, 0.15) is 17.7 Å². The average Bonchev–Trinajstić information content (AvgIpc) is 2.17. The number of nitriles is 2. The normalized spacial score (nSPS) is 8.77. The maximum absolute atomic E-state index is 8.51. The predicted octanol–water partition coefficient (Wildman–Crippen LogP) is 1.60. The van der Waals surface area contributed by atoms with Gasteiger partial charge in [-0.05, 0) is 18.1 Å². The van der Waals surface area contributed by atoms with Crippen LogP contribution >= 0.6 is 0 Å². The Hall–Kier alpha value is -1.87. The maximum atomic E-state index is 8.51. The molecule has 0 spiro atoms. The van der Waals surface area contributed by atoms with Gasteiger partial charge in [0, 0.05) is 12.6 Å². The van der Waals surface area contributed by atoms with Crippen LogP contribution in [0.5, 0.6) is 0 Å². The average molecular weight is 171 g/mol. The Morgan fingerprint density at radius 2 is 2.15 bits per heavy atom. The maximum Gasteiger partial charge on any atom is 0.0777 e. The highest BCUT2D eigenvalue weighted by molar-refractivity contribution is 5.22. The number of aryl methyl sites for hydroxylation is 1. The van der Waals surface area contributed by atoms with Crippen molar-refractivity contribution in [2.24, 2.45) is 0 Å². The number of nitrogens with zero attached hydrogens (tertiary/aromatic N) is 3. The lowest BCUT2D eigenvalue weighted by Gasteiger charge is -2.01. The van der Waals surface area contributed by atoms with E-state index in [4.69, 9.17) is 10.5 Å². The molecule has 1 rings (SSSR count). The number of rotatable bonds is 3. The summed E-state index contributed by atoms with van der Waals surface area (Å²) in [4.78, 5) is 4.09. The molecule has 0 aromatic carbocycles. The molecule has 0 atom stereocenters. The lowest BCUT2D eigenvalue weighted by atomic mass is 10.1. The first-order valence-corrected chi connectivity index (χ1v) is 4.05. The molecule has 0 N–H and O–H groups in total.